The smallest absolute Gasteiger partial charge is 0.206 e. The number of aryl methyl sites for hydroxylation is 1. The standard InChI is InChI=1S/C33H40N4O8/c1-15(2)23-29(41)32(43-12-6-10-35-23)27(39)18-9-8-17(5)31-25(18)37-26-20(45-31)14-19(38)22(34)21(26)28(40)33-30(42)24(16(3)4)36-11-7-13-44-33/h8-9,14-16,23-24,32-33,35-36H,6-7,10-13,34H2,1-5H3/t23-,24-,32?,33?/m0/s1. The van der Waals surface area contributed by atoms with E-state index in [0.29, 0.717) is 31.5 Å². The van der Waals surface area contributed by atoms with E-state index in [1.165, 1.54) is 6.07 Å². The van der Waals surface area contributed by atoms with E-state index in [1.54, 1.807) is 13.0 Å². The van der Waals surface area contributed by atoms with Gasteiger partial charge < -0.3 is 30.3 Å². The van der Waals surface area contributed by atoms with Crippen LogP contribution in [0.4, 0.5) is 5.69 Å². The SMILES string of the molecule is Cc1ccc(C(=O)C2OCCCN[C@@H](C(C)C)C2=O)c2nc3c(C(=O)C4OCCCN[C@@H](C(C)C)C4=O)c(N)c(=O)cc-3oc12. The third kappa shape index (κ3) is 6.19. The third-order valence-corrected chi connectivity index (χ3v) is 8.42. The van der Waals surface area contributed by atoms with Gasteiger partial charge in [-0.2, -0.15) is 0 Å². The van der Waals surface area contributed by atoms with E-state index in [1.807, 2.05) is 27.7 Å². The van der Waals surface area contributed by atoms with Crippen LogP contribution in [0.3, 0.4) is 0 Å². The van der Waals surface area contributed by atoms with Gasteiger partial charge in [-0.15, -0.1) is 0 Å². The molecule has 5 rings (SSSR count). The number of nitrogen functional groups attached to an aromatic ring is 1. The minimum atomic E-state index is -1.53. The summed E-state index contributed by atoms with van der Waals surface area (Å²) in [6.07, 6.45) is -1.74. The first-order chi connectivity index (χ1) is 21.4. The molecule has 0 spiro atoms. The summed E-state index contributed by atoms with van der Waals surface area (Å²) in [4.78, 5) is 72.9. The van der Waals surface area contributed by atoms with E-state index in [0.717, 1.165) is 6.07 Å². The molecule has 1 aromatic rings. The maximum atomic E-state index is 14.1. The molecular formula is C33H40N4O8. The summed E-state index contributed by atoms with van der Waals surface area (Å²) in [6, 6.07) is 3.08. The Morgan fingerprint density at radius 1 is 0.889 bits per heavy atom. The highest BCUT2D eigenvalue weighted by atomic mass is 16.5. The summed E-state index contributed by atoms with van der Waals surface area (Å²) in [6.45, 7) is 10.7. The molecule has 0 amide bonds. The van der Waals surface area contributed by atoms with Crippen molar-refractivity contribution in [1.82, 2.24) is 15.6 Å². The Morgan fingerprint density at radius 3 is 2.00 bits per heavy atom. The monoisotopic (exact) mass is 620 g/mol. The number of aromatic nitrogens is 1. The van der Waals surface area contributed by atoms with Crippen LogP contribution in [0, 0.1) is 18.8 Å². The van der Waals surface area contributed by atoms with Gasteiger partial charge in [0, 0.05) is 19.3 Å². The van der Waals surface area contributed by atoms with Crippen LogP contribution in [0.2, 0.25) is 0 Å². The van der Waals surface area contributed by atoms with Crippen molar-refractivity contribution in [3.8, 4) is 11.5 Å². The van der Waals surface area contributed by atoms with E-state index in [9.17, 15) is 24.0 Å². The van der Waals surface area contributed by atoms with E-state index in [-0.39, 0.29) is 64.5 Å². The van der Waals surface area contributed by atoms with Crippen molar-refractivity contribution in [2.24, 2.45) is 11.8 Å². The second kappa shape index (κ2) is 13.3. The molecule has 2 fully saturated rings. The van der Waals surface area contributed by atoms with Crippen molar-refractivity contribution >= 4 is 39.9 Å². The van der Waals surface area contributed by atoms with Gasteiger partial charge in [0.2, 0.25) is 17.0 Å². The minimum Gasteiger partial charge on any atom is -0.452 e. The topological polar surface area (TPSA) is 180 Å². The second-order valence-electron chi connectivity index (χ2n) is 12.4. The van der Waals surface area contributed by atoms with Crippen LogP contribution in [0.15, 0.2) is 27.4 Å². The molecule has 240 valence electrons. The molecule has 12 heteroatoms. The second-order valence-corrected chi connectivity index (χ2v) is 12.4. The summed E-state index contributed by atoms with van der Waals surface area (Å²) < 4.78 is 17.7. The molecule has 3 heterocycles. The summed E-state index contributed by atoms with van der Waals surface area (Å²) in [5.41, 5.74) is 5.62. The molecule has 0 saturated carbocycles. The zero-order valence-corrected chi connectivity index (χ0v) is 26.2. The van der Waals surface area contributed by atoms with Crippen molar-refractivity contribution in [3.63, 3.8) is 0 Å². The Bertz CT molecular complexity index is 1680. The number of nitrogens with zero attached hydrogens (tertiary/aromatic N) is 1. The lowest BCUT2D eigenvalue weighted by Crippen LogP contribution is -2.51. The molecule has 1 aromatic carbocycles. The Kier molecular flexibility index (Phi) is 9.59. The van der Waals surface area contributed by atoms with E-state index < -0.39 is 52.8 Å². The molecule has 12 nitrogen and oxygen atoms in total. The molecule has 0 radical (unpaired) electrons. The summed E-state index contributed by atoms with van der Waals surface area (Å²) in [7, 11) is 0. The Hall–Kier alpha value is -3.84. The zero-order chi connectivity index (χ0) is 32.6. The molecule has 0 bridgehead atoms. The number of nitrogens with one attached hydrogen (secondary N) is 2. The highest BCUT2D eigenvalue weighted by Gasteiger charge is 2.40. The fourth-order valence-electron chi connectivity index (χ4n) is 5.97. The quantitative estimate of drug-likeness (QED) is 0.159. The Labute approximate surface area is 260 Å². The molecule has 4 atom stereocenters. The number of anilines is 1. The van der Waals surface area contributed by atoms with Gasteiger partial charge in [-0.1, -0.05) is 33.8 Å². The molecule has 2 saturated heterocycles. The first kappa shape index (κ1) is 32.6. The van der Waals surface area contributed by atoms with Gasteiger partial charge in [0.1, 0.15) is 11.2 Å². The van der Waals surface area contributed by atoms with Crippen LogP contribution in [0.25, 0.3) is 22.6 Å². The maximum absolute atomic E-state index is 14.1. The number of ether oxygens (including phenoxy) is 2. The number of hydrogen-bond donors (Lipinski definition) is 3. The summed E-state index contributed by atoms with van der Waals surface area (Å²) in [5, 5.41) is 6.40. The average Bonchev–Trinajstić information content (AvgIpc) is 2.97. The van der Waals surface area contributed by atoms with E-state index in [4.69, 9.17) is 24.6 Å². The van der Waals surface area contributed by atoms with E-state index in [2.05, 4.69) is 10.6 Å². The number of carbonyl (C=O) groups is 4. The minimum absolute atomic E-state index is 0.0445. The van der Waals surface area contributed by atoms with Crippen molar-refractivity contribution in [2.45, 2.75) is 71.8 Å². The Morgan fingerprint density at radius 2 is 1.44 bits per heavy atom. The lowest BCUT2D eigenvalue weighted by molar-refractivity contribution is -0.132. The van der Waals surface area contributed by atoms with Crippen molar-refractivity contribution in [3.05, 3.63) is 45.1 Å². The van der Waals surface area contributed by atoms with Gasteiger partial charge in [-0.05, 0) is 56.3 Å². The number of hydrogen-bond acceptors (Lipinski definition) is 12. The van der Waals surface area contributed by atoms with Gasteiger partial charge in [0.25, 0.3) is 0 Å². The predicted molar refractivity (Wildman–Crippen MR) is 167 cm³/mol. The number of rotatable bonds is 6. The summed E-state index contributed by atoms with van der Waals surface area (Å²) >= 11 is 0. The summed E-state index contributed by atoms with van der Waals surface area (Å²) in [5.74, 6) is -2.54. The van der Waals surface area contributed by atoms with Gasteiger partial charge in [-0.3, -0.25) is 24.0 Å². The largest absolute Gasteiger partial charge is 0.452 e. The predicted octanol–water partition coefficient (Wildman–Crippen LogP) is 2.49. The van der Waals surface area contributed by atoms with Crippen LogP contribution < -0.4 is 21.8 Å². The number of ketones is 4. The fraction of sp³-hybridized carbons (Fsp3) is 0.515. The highest BCUT2D eigenvalue weighted by Crippen LogP contribution is 2.34. The average molecular weight is 621 g/mol. The van der Waals surface area contributed by atoms with Crippen LogP contribution in [-0.4, -0.2) is 78.7 Å². The van der Waals surface area contributed by atoms with Crippen molar-refractivity contribution in [2.75, 3.05) is 32.0 Å². The normalized spacial score (nSPS) is 23.6. The number of carbonyl (C=O) groups excluding carboxylic acids is 4. The number of fused-ring (bicyclic) bond motifs is 2. The lowest BCUT2D eigenvalue weighted by atomic mass is 9.89. The van der Waals surface area contributed by atoms with Crippen LogP contribution in [0.5, 0.6) is 0 Å². The molecule has 45 heavy (non-hydrogen) atoms. The van der Waals surface area contributed by atoms with Crippen LogP contribution >= 0.6 is 0 Å². The zero-order valence-electron chi connectivity index (χ0n) is 26.2. The molecule has 3 aliphatic heterocycles. The van der Waals surface area contributed by atoms with Crippen molar-refractivity contribution in [1.29, 1.82) is 0 Å². The lowest BCUT2D eigenvalue weighted by Gasteiger charge is -2.29. The molecule has 2 unspecified atom stereocenters. The highest BCUT2D eigenvalue weighted by molar-refractivity contribution is 6.20. The molecule has 0 aromatic heterocycles. The van der Waals surface area contributed by atoms with Gasteiger partial charge >= 0.3 is 0 Å². The number of nitrogens with two attached hydrogens (primary N) is 1. The number of Topliss-reactive ketones (excluding diaryl/α,β-unsaturated/α-hetero) is 4. The fourth-order valence-corrected chi connectivity index (χ4v) is 5.97. The number of benzene rings is 2. The van der Waals surface area contributed by atoms with Gasteiger partial charge in [-0.25, -0.2) is 4.98 Å². The molecule has 1 aliphatic carbocycles. The van der Waals surface area contributed by atoms with Crippen LogP contribution in [0.1, 0.15) is 66.8 Å². The Balaban J connectivity index is 1.67. The molecule has 4 N–H and O–H groups in total. The van der Waals surface area contributed by atoms with Crippen molar-refractivity contribution < 1.29 is 33.1 Å². The first-order valence-electron chi connectivity index (χ1n) is 15.4. The maximum Gasteiger partial charge on any atom is 0.206 e. The van der Waals surface area contributed by atoms with Gasteiger partial charge in [0.15, 0.2) is 35.1 Å². The third-order valence-electron chi connectivity index (χ3n) is 8.42. The molecule has 4 aliphatic rings. The molecular weight excluding hydrogens is 580 g/mol. The van der Waals surface area contributed by atoms with E-state index >= 15 is 0 Å². The van der Waals surface area contributed by atoms with Crippen LogP contribution in [-0.2, 0) is 19.1 Å². The van der Waals surface area contributed by atoms with Gasteiger partial charge in [0.05, 0.1) is 28.9 Å². The first-order valence-corrected chi connectivity index (χ1v) is 15.4.